The molecule has 0 atom stereocenters. The number of hydrogen-bond acceptors (Lipinski definition) is 4. The van der Waals surface area contributed by atoms with Crippen molar-refractivity contribution in [2.45, 2.75) is 33.7 Å². The Kier molecular flexibility index (Phi) is 5.04. The van der Waals surface area contributed by atoms with Gasteiger partial charge in [0.15, 0.2) is 0 Å². The average molecular weight is 364 g/mol. The number of nitrogens with zero attached hydrogens (tertiary/aromatic N) is 1. The van der Waals surface area contributed by atoms with Crippen molar-refractivity contribution in [2.75, 3.05) is 12.4 Å². The number of ether oxygens (including phenoxy) is 1. The van der Waals surface area contributed by atoms with Gasteiger partial charge in [-0.15, -0.1) is 0 Å². The topological polar surface area (TPSA) is 58.6 Å². The fourth-order valence-corrected chi connectivity index (χ4v) is 3.18. The van der Waals surface area contributed by atoms with Gasteiger partial charge >= 0.3 is 0 Å². The first kappa shape index (κ1) is 18.7. The van der Waals surface area contributed by atoms with Crippen LogP contribution in [0.15, 0.2) is 48.2 Å². The standard InChI is InChI=1S/C22H24N2O3/c1-13(2)24-21(25)19(16-9-11-17(27-5)12-10-16)20(22(24)26)23-18-8-6-7-14(3)15(18)4/h6-13,23H,1-5H3. The zero-order valence-corrected chi connectivity index (χ0v) is 16.3. The molecule has 1 N–H and O–H groups in total. The van der Waals surface area contributed by atoms with E-state index in [1.807, 2.05) is 45.9 Å². The van der Waals surface area contributed by atoms with Gasteiger partial charge in [-0.25, -0.2) is 0 Å². The molecule has 2 aromatic rings. The molecule has 0 unspecified atom stereocenters. The van der Waals surface area contributed by atoms with Gasteiger partial charge in [-0.05, 0) is 62.6 Å². The largest absolute Gasteiger partial charge is 0.497 e. The molecule has 3 rings (SSSR count). The molecule has 0 fully saturated rings. The van der Waals surface area contributed by atoms with Crippen molar-refractivity contribution in [1.82, 2.24) is 4.90 Å². The number of aryl methyl sites for hydroxylation is 1. The highest BCUT2D eigenvalue weighted by molar-refractivity contribution is 6.36. The predicted octanol–water partition coefficient (Wildman–Crippen LogP) is 3.91. The van der Waals surface area contributed by atoms with Crippen molar-refractivity contribution in [3.63, 3.8) is 0 Å². The van der Waals surface area contributed by atoms with E-state index in [-0.39, 0.29) is 17.9 Å². The normalized spacial score (nSPS) is 14.4. The molecule has 0 radical (unpaired) electrons. The van der Waals surface area contributed by atoms with Gasteiger partial charge in [-0.3, -0.25) is 14.5 Å². The fraction of sp³-hybridized carbons (Fsp3) is 0.273. The molecule has 0 aliphatic carbocycles. The summed E-state index contributed by atoms with van der Waals surface area (Å²) in [6.07, 6.45) is 0. The summed E-state index contributed by atoms with van der Waals surface area (Å²) >= 11 is 0. The highest BCUT2D eigenvalue weighted by Gasteiger charge is 2.40. The third-order valence-electron chi connectivity index (χ3n) is 4.87. The molecular weight excluding hydrogens is 340 g/mol. The molecule has 0 spiro atoms. The maximum atomic E-state index is 13.0. The summed E-state index contributed by atoms with van der Waals surface area (Å²) in [4.78, 5) is 27.4. The SMILES string of the molecule is COc1ccc(C2=C(Nc3cccc(C)c3C)C(=O)N(C(C)C)C2=O)cc1. The number of imide groups is 1. The minimum Gasteiger partial charge on any atom is -0.497 e. The fourth-order valence-electron chi connectivity index (χ4n) is 3.18. The second-order valence-electron chi connectivity index (χ2n) is 6.93. The van der Waals surface area contributed by atoms with Crippen LogP contribution in [0, 0.1) is 13.8 Å². The number of nitrogens with one attached hydrogen (secondary N) is 1. The van der Waals surface area contributed by atoms with Gasteiger partial charge in [0.25, 0.3) is 11.8 Å². The maximum Gasteiger partial charge on any atom is 0.278 e. The number of anilines is 1. The van der Waals surface area contributed by atoms with E-state index in [0.717, 1.165) is 16.8 Å². The number of rotatable bonds is 5. The van der Waals surface area contributed by atoms with Crippen LogP contribution in [0.3, 0.4) is 0 Å². The van der Waals surface area contributed by atoms with Gasteiger partial charge in [0.1, 0.15) is 11.4 Å². The Bertz CT molecular complexity index is 927. The first-order chi connectivity index (χ1) is 12.8. The van der Waals surface area contributed by atoms with E-state index in [0.29, 0.717) is 22.6 Å². The van der Waals surface area contributed by atoms with Crippen LogP contribution in [0.4, 0.5) is 5.69 Å². The Morgan fingerprint density at radius 1 is 0.963 bits per heavy atom. The van der Waals surface area contributed by atoms with Gasteiger partial charge in [0, 0.05) is 11.7 Å². The van der Waals surface area contributed by atoms with Gasteiger partial charge in [-0.2, -0.15) is 0 Å². The lowest BCUT2D eigenvalue weighted by atomic mass is 10.0. The Balaban J connectivity index is 2.12. The highest BCUT2D eigenvalue weighted by Crippen LogP contribution is 2.33. The number of carbonyl (C=O) groups excluding carboxylic acids is 2. The minimum absolute atomic E-state index is 0.226. The summed E-state index contributed by atoms with van der Waals surface area (Å²) < 4.78 is 5.20. The quantitative estimate of drug-likeness (QED) is 0.817. The van der Waals surface area contributed by atoms with Crippen molar-refractivity contribution in [1.29, 1.82) is 0 Å². The second kappa shape index (κ2) is 7.27. The Labute approximate surface area is 159 Å². The minimum atomic E-state index is -0.304. The Morgan fingerprint density at radius 2 is 1.63 bits per heavy atom. The molecule has 27 heavy (non-hydrogen) atoms. The third-order valence-corrected chi connectivity index (χ3v) is 4.87. The lowest BCUT2D eigenvalue weighted by Gasteiger charge is -2.19. The van der Waals surface area contributed by atoms with Crippen molar-refractivity contribution in [3.05, 3.63) is 64.9 Å². The van der Waals surface area contributed by atoms with Crippen molar-refractivity contribution < 1.29 is 14.3 Å². The average Bonchev–Trinajstić information content (AvgIpc) is 2.89. The molecule has 1 heterocycles. The third kappa shape index (κ3) is 3.33. The van der Waals surface area contributed by atoms with Crippen LogP contribution in [-0.4, -0.2) is 29.9 Å². The number of methoxy groups -OCH3 is 1. The van der Waals surface area contributed by atoms with E-state index < -0.39 is 0 Å². The summed E-state index contributed by atoms with van der Waals surface area (Å²) in [5.74, 6) is 0.107. The molecule has 1 aliphatic heterocycles. The van der Waals surface area contributed by atoms with Crippen LogP contribution >= 0.6 is 0 Å². The molecule has 0 aromatic heterocycles. The van der Waals surface area contributed by atoms with E-state index in [1.54, 1.807) is 31.4 Å². The molecule has 1 aliphatic rings. The highest BCUT2D eigenvalue weighted by atomic mass is 16.5. The molecule has 2 amide bonds. The van der Waals surface area contributed by atoms with Gasteiger partial charge in [0.2, 0.25) is 0 Å². The molecule has 5 nitrogen and oxygen atoms in total. The summed E-state index contributed by atoms with van der Waals surface area (Å²) in [7, 11) is 1.59. The summed E-state index contributed by atoms with van der Waals surface area (Å²) in [5.41, 5.74) is 4.36. The summed E-state index contributed by atoms with van der Waals surface area (Å²) in [6, 6.07) is 12.8. The van der Waals surface area contributed by atoms with Gasteiger partial charge < -0.3 is 10.1 Å². The molecule has 0 saturated carbocycles. The van der Waals surface area contributed by atoms with E-state index in [9.17, 15) is 9.59 Å². The molecule has 0 bridgehead atoms. The zero-order chi connectivity index (χ0) is 19.7. The molecule has 140 valence electrons. The van der Waals surface area contributed by atoms with Crippen molar-refractivity contribution in [2.24, 2.45) is 0 Å². The van der Waals surface area contributed by atoms with Crippen LogP contribution in [0.25, 0.3) is 5.57 Å². The van der Waals surface area contributed by atoms with Crippen LogP contribution in [-0.2, 0) is 9.59 Å². The summed E-state index contributed by atoms with van der Waals surface area (Å²) in [5, 5.41) is 3.23. The second-order valence-corrected chi connectivity index (χ2v) is 6.93. The van der Waals surface area contributed by atoms with Crippen LogP contribution in [0.2, 0.25) is 0 Å². The van der Waals surface area contributed by atoms with Crippen molar-refractivity contribution >= 4 is 23.1 Å². The molecule has 2 aromatic carbocycles. The van der Waals surface area contributed by atoms with Gasteiger partial charge in [-0.1, -0.05) is 24.3 Å². The van der Waals surface area contributed by atoms with Crippen LogP contribution in [0.1, 0.15) is 30.5 Å². The number of benzene rings is 2. The van der Waals surface area contributed by atoms with Crippen LogP contribution in [0.5, 0.6) is 5.75 Å². The Morgan fingerprint density at radius 3 is 2.22 bits per heavy atom. The number of carbonyl (C=O) groups is 2. The predicted molar refractivity (Wildman–Crippen MR) is 106 cm³/mol. The lowest BCUT2D eigenvalue weighted by Crippen LogP contribution is -2.38. The summed E-state index contributed by atoms with van der Waals surface area (Å²) in [6.45, 7) is 7.68. The number of amides is 2. The first-order valence-corrected chi connectivity index (χ1v) is 8.95. The van der Waals surface area contributed by atoms with Crippen molar-refractivity contribution in [3.8, 4) is 5.75 Å². The van der Waals surface area contributed by atoms with E-state index in [4.69, 9.17) is 4.74 Å². The van der Waals surface area contributed by atoms with Gasteiger partial charge in [0.05, 0.1) is 12.7 Å². The Hall–Kier alpha value is -3.08. The first-order valence-electron chi connectivity index (χ1n) is 8.95. The smallest absolute Gasteiger partial charge is 0.278 e. The zero-order valence-electron chi connectivity index (χ0n) is 16.3. The van der Waals surface area contributed by atoms with Crippen LogP contribution < -0.4 is 10.1 Å². The van der Waals surface area contributed by atoms with E-state index in [1.165, 1.54) is 4.90 Å². The monoisotopic (exact) mass is 364 g/mol. The van der Waals surface area contributed by atoms with E-state index in [2.05, 4.69) is 5.32 Å². The molecule has 5 heteroatoms. The number of hydrogen-bond donors (Lipinski definition) is 1. The maximum absolute atomic E-state index is 13.0. The molecule has 0 saturated heterocycles. The van der Waals surface area contributed by atoms with E-state index >= 15 is 0 Å². The molecular formula is C22H24N2O3. The lowest BCUT2D eigenvalue weighted by molar-refractivity contribution is -0.138.